The van der Waals surface area contributed by atoms with E-state index in [2.05, 4.69) is 5.32 Å². The van der Waals surface area contributed by atoms with Crippen molar-refractivity contribution in [3.05, 3.63) is 0 Å². The van der Waals surface area contributed by atoms with Crippen molar-refractivity contribution in [1.82, 2.24) is 14.5 Å². The first-order valence-corrected chi connectivity index (χ1v) is 10.1. The molecule has 2 aliphatic heterocycles. The van der Waals surface area contributed by atoms with Gasteiger partial charge in [-0.1, -0.05) is 0 Å². The van der Waals surface area contributed by atoms with Crippen LogP contribution >= 0.6 is 0 Å². The predicted octanol–water partition coefficient (Wildman–Crippen LogP) is 2.17. The van der Waals surface area contributed by atoms with Crippen LogP contribution in [0, 0.1) is 5.92 Å². The second kappa shape index (κ2) is 6.94. The first-order chi connectivity index (χ1) is 11.4. The summed E-state index contributed by atoms with van der Waals surface area (Å²) in [7, 11) is -3.25. The minimum atomic E-state index is -4.33. The molecule has 2 fully saturated rings. The highest BCUT2D eigenvalue weighted by molar-refractivity contribution is 7.89. The van der Waals surface area contributed by atoms with Crippen LogP contribution in [0.1, 0.15) is 40.0 Å². The summed E-state index contributed by atoms with van der Waals surface area (Å²) in [5.74, 6) is -1.51. The van der Waals surface area contributed by atoms with Crippen LogP contribution in [0.4, 0.5) is 18.0 Å². The maximum atomic E-state index is 13.1. The molecular formula is C15H26F3N3O3S. The van der Waals surface area contributed by atoms with Gasteiger partial charge in [-0.05, 0) is 40.0 Å². The molecule has 0 bridgehead atoms. The number of rotatable bonds is 3. The molecule has 0 spiro atoms. The molecule has 0 aromatic carbocycles. The minimum Gasteiger partial charge on any atom is -0.335 e. The van der Waals surface area contributed by atoms with Crippen LogP contribution in [0.3, 0.4) is 0 Å². The number of urea groups is 1. The number of carbonyl (C=O) groups is 1. The summed E-state index contributed by atoms with van der Waals surface area (Å²) >= 11 is 0. The van der Waals surface area contributed by atoms with E-state index in [9.17, 15) is 26.4 Å². The highest BCUT2D eigenvalue weighted by Crippen LogP contribution is 2.44. The SMILES string of the molecule is CCS(=O)(=O)N1CCC(NC(=O)N2CC[C@@H](C(F)(F)F)C2(C)C)CC1. The predicted molar refractivity (Wildman–Crippen MR) is 87.5 cm³/mol. The van der Waals surface area contributed by atoms with Gasteiger partial charge in [0, 0.05) is 25.7 Å². The van der Waals surface area contributed by atoms with Gasteiger partial charge in [0.2, 0.25) is 10.0 Å². The van der Waals surface area contributed by atoms with Gasteiger partial charge >= 0.3 is 12.2 Å². The number of sulfonamides is 1. The number of nitrogens with one attached hydrogen (secondary N) is 1. The van der Waals surface area contributed by atoms with Crippen molar-refractivity contribution in [3.8, 4) is 0 Å². The Balaban J connectivity index is 1.94. The smallest absolute Gasteiger partial charge is 0.335 e. The summed E-state index contributed by atoms with van der Waals surface area (Å²) in [6.07, 6.45) is -3.51. The van der Waals surface area contributed by atoms with Crippen molar-refractivity contribution in [2.45, 2.75) is 57.8 Å². The first-order valence-electron chi connectivity index (χ1n) is 8.52. The Labute approximate surface area is 146 Å². The van der Waals surface area contributed by atoms with Crippen LogP contribution in [0.5, 0.6) is 0 Å². The number of nitrogens with zero attached hydrogens (tertiary/aromatic N) is 2. The molecule has 25 heavy (non-hydrogen) atoms. The van der Waals surface area contributed by atoms with E-state index in [1.54, 1.807) is 6.92 Å². The van der Waals surface area contributed by atoms with Gasteiger partial charge in [0.1, 0.15) is 0 Å². The first kappa shape index (κ1) is 20.3. The number of carbonyl (C=O) groups excluding carboxylic acids is 1. The molecule has 2 rings (SSSR count). The van der Waals surface area contributed by atoms with Crippen molar-refractivity contribution in [2.75, 3.05) is 25.4 Å². The summed E-state index contributed by atoms with van der Waals surface area (Å²) in [6.45, 7) is 5.15. The molecule has 0 unspecified atom stereocenters. The van der Waals surface area contributed by atoms with Gasteiger partial charge in [0.25, 0.3) is 0 Å². The molecule has 146 valence electrons. The van der Waals surface area contributed by atoms with Crippen molar-refractivity contribution < 1.29 is 26.4 Å². The van der Waals surface area contributed by atoms with Gasteiger partial charge in [-0.3, -0.25) is 0 Å². The molecule has 1 N–H and O–H groups in total. The Bertz CT molecular complexity index is 599. The van der Waals surface area contributed by atoms with E-state index in [1.165, 1.54) is 23.1 Å². The van der Waals surface area contributed by atoms with E-state index >= 15 is 0 Å². The lowest BCUT2D eigenvalue weighted by Crippen LogP contribution is -2.56. The second-order valence-corrected chi connectivity index (χ2v) is 9.47. The van der Waals surface area contributed by atoms with Crippen molar-refractivity contribution in [1.29, 1.82) is 0 Å². The lowest BCUT2D eigenvalue weighted by atomic mass is 9.88. The Morgan fingerprint density at radius 1 is 1.16 bits per heavy atom. The summed E-state index contributed by atoms with van der Waals surface area (Å²) in [5, 5.41) is 2.78. The molecule has 0 aromatic heterocycles. The number of hydrogen-bond donors (Lipinski definition) is 1. The second-order valence-electron chi connectivity index (χ2n) is 7.21. The van der Waals surface area contributed by atoms with E-state index in [1.807, 2.05) is 0 Å². The van der Waals surface area contributed by atoms with Crippen LogP contribution in [0.15, 0.2) is 0 Å². The molecule has 6 nitrogen and oxygen atoms in total. The fourth-order valence-corrected chi connectivity index (χ4v) is 4.86. The molecule has 2 saturated heterocycles. The number of alkyl halides is 3. The maximum absolute atomic E-state index is 13.1. The number of halogens is 3. The van der Waals surface area contributed by atoms with Gasteiger partial charge in [0.05, 0.1) is 17.2 Å². The summed E-state index contributed by atoms with van der Waals surface area (Å²) in [5.41, 5.74) is -1.30. The van der Waals surface area contributed by atoms with E-state index in [0.29, 0.717) is 25.9 Å². The summed E-state index contributed by atoms with van der Waals surface area (Å²) in [4.78, 5) is 13.7. The third-order valence-corrected chi connectivity index (χ3v) is 7.25. The van der Waals surface area contributed by atoms with Crippen molar-refractivity contribution in [2.24, 2.45) is 5.92 Å². The van der Waals surface area contributed by atoms with Crippen LogP contribution in [-0.4, -0.2) is 66.8 Å². The average Bonchev–Trinajstić information content (AvgIpc) is 2.83. The molecule has 2 heterocycles. The van der Waals surface area contributed by atoms with Gasteiger partial charge in [-0.15, -0.1) is 0 Å². The third-order valence-electron chi connectivity index (χ3n) is 5.37. The van der Waals surface area contributed by atoms with Crippen molar-refractivity contribution >= 4 is 16.1 Å². The highest BCUT2D eigenvalue weighted by atomic mass is 32.2. The van der Waals surface area contributed by atoms with Crippen LogP contribution in [-0.2, 0) is 10.0 Å². The zero-order chi connectivity index (χ0) is 19.0. The molecule has 0 aromatic rings. The number of amides is 2. The fraction of sp³-hybridized carbons (Fsp3) is 0.933. The van der Waals surface area contributed by atoms with Crippen molar-refractivity contribution in [3.63, 3.8) is 0 Å². The van der Waals surface area contributed by atoms with Gasteiger partial charge in [-0.25, -0.2) is 17.5 Å². The summed E-state index contributed by atoms with van der Waals surface area (Å²) in [6, 6.07) is -0.731. The Morgan fingerprint density at radius 3 is 2.16 bits per heavy atom. The van der Waals surface area contributed by atoms with Crippen LogP contribution in [0.2, 0.25) is 0 Å². The van der Waals surface area contributed by atoms with Crippen LogP contribution < -0.4 is 5.32 Å². The van der Waals surface area contributed by atoms with E-state index < -0.39 is 33.7 Å². The lowest BCUT2D eigenvalue weighted by Gasteiger charge is -2.38. The Morgan fingerprint density at radius 2 is 1.72 bits per heavy atom. The number of hydrogen-bond acceptors (Lipinski definition) is 3. The molecule has 1 atom stereocenters. The van der Waals surface area contributed by atoms with E-state index in [4.69, 9.17) is 0 Å². The molecule has 2 aliphatic rings. The van der Waals surface area contributed by atoms with Gasteiger partial charge in [-0.2, -0.15) is 13.2 Å². The molecule has 0 aliphatic carbocycles. The minimum absolute atomic E-state index is 0.0326. The largest absolute Gasteiger partial charge is 0.394 e. The van der Waals surface area contributed by atoms with E-state index in [-0.39, 0.29) is 24.8 Å². The average molecular weight is 385 g/mol. The third kappa shape index (κ3) is 4.21. The van der Waals surface area contributed by atoms with E-state index in [0.717, 1.165) is 0 Å². The maximum Gasteiger partial charge on any atom is 0.394 e. The Kier molecular flexibility index (Phi) is 5.63. The zero-order valence-electron chi connectivity index (χ0n) is 14.8. The fourth-order valence-electron chi connectivity index (χ4n) is 3.73. The number of likely N-dealkylation sites (tertiary alicyclic amines) is 1. The van der Waals surface area contributed by atoms with Gasteiger partial charge < -0.3 is 10.2 Å². The Hall–Kier alpha value is -1.03. The molecule has 10 heteroatoms. The zero-order valence-corrected chi connectivity index (χ0v) is 15.6. The normalized spacial score (nSPS) is 26.0. The quantitative estimate of drug-likeness (QED) is 0.810. The highest BCUT2D eigenvalue weighted by Gasteiger charge is 2.56. The molecule has 2 amide bonds. The molecule has 0 radical (unpaired) electrons. The number of piperidine rings is 1. The lowest BCUT2D eigenvalue weighted by molar-refractivity contribution is -0.189. The topological polar surface area (TPSA) is 69.7 Å². The summed E-state index contributed by atoms with van der Waals surface area (Å²) < 4.78 is 64.4. The van der Waals surface area contributed by atoms with Crippen LogP contribution in [0.25, 0.3) is 0 Å². The van der Waals surface area contributed by atoms with Gasteiger partial charge in [0.15, 0.2) is 0 Å². The monoisotopic (exact) mass is 385 g/mol. The standard InChI is InChI=1S/C15H26F3N3O3S/c1-4-25(23,24)20-8-5-11(6-9-20)19-13(22)21-10-7-12(14(21,2)3)15(16,17)18/h11-12H,4-10H2,1-3H3,(H,19,22)/t12-/m1/s1. The molecule has 0 saturated carbocycles. The molecular weight excluding hydrogens is 359 g/mol.